The fourth-order valence-electron chi connectivity index (χ4n) is 1.69. The van der Waals surface area contributed by atoms with E-state index in [2.05, 4.69) is 15.2 Å². The van der Waals surface area contributed by atoms with Crippen LogP contribution in [0.3, 0.4) is 0 Å². The molecule has 0 aliphatic heterocycles. The van der Waals surface area contributed by atoms with Crippen molar-refractivity contribution in [3.63, 3.8) is 0 Å². The zero-order valence-corrected chi connectivity index (χ0v) is 11.2. The molecule has 0 fully saturated rings. The summed E-state index contributed by atoms with van der Waals surface area (Å²) in [7, 11) is 0. The molecule has 2 rings (SSSR count). The van der Waals surface area contributed by atoms with E-state index in [9.17, 15) is 0 Å². The number of H-pyrrole nitrogens is 1. The van der Waals surface area contributed by atoms with Crippen molar-refractivity contribution in [2.24, 2.45) is 0 Å². The summed E-state index contributed by atoms with van der Waals surface area (Å²) in [6.07, 6.45) is 9.97. The number of nitrogens with one attached hydrogen (secondary N) is 1. The summed E-state index contributed by atoms with van der Waals surface area (Å²) in [6, 6.07) is 9.94. The van der Waals surface area contributed by atoms with Crippen molar-refractivity contribution in [1.29, 1.82) is 0 Å². The van der Waals surface area contributed by atoms with Crippen molar-refractivity contribution in [3.05, 3.63) is 66.5 Å². The topological polar surface area (TPSA) is 41.6 Å². The zero-order chi connectivity index (χ0) is 13.5. The number of nitrogens with zero attached hydrogens (tertiary/aromatic N) is 2. The van der Waals surface area contributed by atoms with Crippen molar-refractivity contribution in [3.8, 4) is 11.4 Å². The van der Waals surface area contributed by atoms with E-state index in [1.54, 1.807) is 0 Å². The molecule has 0 unspecified atom stereocenters. The largest absolute Gasteiger partial charge is 0.259 e. The van der Waals surface area contributed by atoms with E-state index in [4.69, 9.17) is 0 Å². The summed E-state index contributed by atoms with van der Waals surface area (Å²) in [4.78, 5) is 4.52. The first-order valence-corrected chi connectivity index (χ1v) is 6.29. The van der Waals surface area contributed by atoms with E-state index in [0.29, 0.717) is 0 Å². The summed E-state index contributed by atoms with van der Waals surface area (Å²) in [5.41, 5.74) is 2.03. The van der Waals surface area contributed by atoms with E-state index in [1.165, 1.54) is 0 Å². The van der Waals surface area contributed by atoms with Crippen LogP contribution in [0.2, 0.25) is 0 Å². The second-order valence-electron chi connectivity index (χ2n) is 4.00. The summed E-state index contributed by atoms with van der Waals surface area (Å²) in [6.45, 7) is 3.97. The molecule has 0 radical (unpaired) electrons. The molecule has 0 atom stereocenters. The zero-order valence-electron chi connectivity index (χ0n) is 11.2. The third-order valence-corrected chi connectivity index (χ3v) is 2.68. The summed E-state index contributed by atoms with van der Waals surface area (Å²) >= 11 is 0. The monoisotopic (exact) mass is 251 g/mol. The molecule has 1 N–H and O–H groups in total. The van der Waals surface area contributed by atoms with Gasteiger partial charge in [0.05, 0.1) is 0 Å². The van der Waals surface area contributed by atoms with Crippen LogP contribution < -0.4 is 0 Å². The molecular weight excluding hydrogens is 234 g/mol. The van der Waals surface area contributed by atoms with Gasteiger partial charge < -0.3 is 0 Å². The Bertz CT molecular complexity index is 604. The summed E-state index contributed by atoms with van der Waals surface area (Å²) in [5.74, 6) is 1.50. The van der Waals surface area contributed by atoms with Gasteiger partial charge in [-0.15, -0.1) is 0 Å². The normalized spacial score (nSPS) is 12.6. The summed E-state index contributed by atoms with van der Waals surface area (Å²) < 4.78 is 0. The lowest BCUT2D eigenvalue weighted by Crippen LogP contribution is -1.84. The van der Waals surface area contributed by atoms with Gasteiger partial charge in [0.1, 0.15) is 0 Å². The minimum absolute atomic E-state index is 0.717. The minimum atomic E-state index is 0.717. The molecule has 0 amide bonds. The smallest absolute Gasteiger partial charge is 0.181 e. The predicted molar refractivity (Wildman–Crippen MR) is 79.4 cm³/mol. The maximum Gasteiger partial charge on any atom is 0.181 e. The van der Waals surface area contributed by atoms with Crippen molar-refractivity contribution < 1.29 is 0 Å². The Labute approximate surface area is 113 Å². The van der Waals surface area contributed by atoms with Crippen molar-refractivity contribution in [1.82, 2.24) is 15.2 Å². The average molecular weight is 251 g/mol. The fourth-order valence-corrected chi connectivity index (χ4v) is 1.69. The summed E-state index contributed by atoms with van der Waals surface area (Å²) in [5, 5.41) is 7.23. The molecular formula is C16H17N3. The van der Waals surface area contributed by atoms with Crippen LogP contribution in [0.15, 0.2) is 60.7 Å². The molecule has 0 aliphatic carbocycles. The molecule has 96 valence electrons. The molecule has 1 aromatic heterocycles. The van der Waals surface area contributed by atoms with Crippen LogP contribution in [0, 0.1) is 0 Å². The highest BCUT2D eigenvalue weighted by Gasteiger charge is 2.06. The Morgan fingerprint density at radius 3 is 2.58 bits per heavy atom. The number of aromatic nitrogens is 3. The average Bonchev–Trinajstić information content (AvgIpc) is 2.94. The second kappa shape index (κ2) is 6.50. The van der Waals surface area contributed by atoms with Gasteiger partial charge in [-0.2, -0.15) is 5.10 Å². The van der Waals surface area contributed by atoms with Gasteiger partial charge in [-0.25, -0.2) is 4.98 Å². The lowest BCUT2D eigenvalue weighted by Gasteiger charge is -1.94. The Hall–Kier alpha value is -2.42. The Morgan fingerprint density at radius 2 is 1.89 bits per heavy atom. The maximum atomic E-state index is 4.52. The number of allylic oxidation sites excluding steroid dienone is 6. The molecule has 0 spiro atoms. The SMILES string of the molecule is C\C=C/C=C\C(=C/C)c1nc(-c2ccccc2)n[nH]1. The lowest BCUT2D eigenvalue weighted by atomic mass is 10.2. The van der Waals surface area contributed by atoms with Crippen molar-refractivity contribution in [2.75, 3.05) is 0 Å². The fraction of sp³-hybridized carbons (Fsp3) is 0.125. The van der Waals surface area contributed by atoms with E-state index in [1.807, 2.05) is 74.6 Å². The van der Waals surface area contributed by atoms with Gasteiger partial charge >= 0.3 is 0 Å². The highest BCUT2D eigenvalue weighted by molar-refractivity contribution is 5.70. The number of hydrogen-bond donors (Lipinski definition) is 1. The standard InChI is InChI=1S/C16H17N3/c1-3-5-7-10-13(4-2)15-17-16(19-18-15)14-11-8-6-9-12-14/h3-12H,1-2H3,(H,17,18,19)/b5-3-,10-7-,13-4+. The van der Waals surface area contributed by atoms with Gasteiger partial charge in [-0.1, -0.05) is 60.7 Å². The van der Waals surface area contributed by atoms with Crippen LogP contribution in [0.25, 0.3) is 17.0 Å². The number of benzene rings is 1. The molecule has 1 aromatic carbocycles. The number of rotatable bonds is 4. The first-order chi connectivity index (χ1) is 9.35. The van der Waals surface area contributed by atoms with E-state index in [0.717, 1.165) is 22.8 Å². The van der Waals surface area contributed by atoms with Gasteiger partial charge in [0, 0.05) is 11.1 Å². The highest BCUT2D eigenvalue weighted by atomic mass is 15.2. The molecule has 19 heavy (non-hydrogen) atoms. The number of aromatic amines is 1. The van der Waals surface area contributed by atoms with Crippen LogP contribution >= 0.6 is 0 Å². The Balaban J connectivity index is 2.25. The molecule has 0 saturated carbocycles. The highest BCUT2D eigenvalue weighted by Crippen LogP contribution is 2.17. The first-order valence-electron chi connectivity index (χ1n) is 6.29. The Morgan fingerprint density at radius 1 is 1.11 bits per heavy atom. The predicted octanol–water partition coefficient (Wildman–Crippen LogP) is 4.01. The van der Waals surface area contributed by atoms with Crippen LogP contribution in [-0.2, 0) is 0 Å². The molecule has 0 bridgehead atoms. The van der Waals surface area contributed by atoms with E-state index >= 15 is 0 Å². The van der Waals surface area contributed by atoms with Crippen LogP contribution in [0.1, 0.15) is 19.7 Å². The number of hydrogen-bond acceptors (Lipinski definition) is 2. The second-order valence-corrected chi connectivity index (χ2v) is 4.00. The maximum absolute atomic E-state index is 4.52. The molecule has 2 aromatic rings. The van der Waals surface area contributed by atoms with E-state index < -0.39 is 0 Å². The molecule has 0 saturated heterocycles. The van der Waals surface area contributed by atoms with Crippen molar-refractivity contribution >= 4 is 5.57 Å². The van der Waals surface area contributed by atoms with Gasteiger partial charge in [0.25, 0.3) is 0 Å². The van der Waals surface area contributed by atoms with E-state index in [-0.39, 0.29) is 0 Å². The lowest BCUT2D eigenvalue weighted by molar-refractivity contribution is 1.08. The van der Waals surface area contributed by atoms with Gasteiger partial charge in [0.15, 0.2) is 11.6 Å². The van der Waals surface area contributed by atoms with Gasteiger partial charge in [-0.05, 0) is 13.8 Å². The van der Waals surface area contributed by atoms with Crippen LogP contribution in [0.5, 0.6) is 0 Å². The Kier molecular flexibility index (Phi) is 4.45. The van der Waals surface area contributed by atoms with Gasteiger partial charge in [-0.3, -0.25) is 5.10 Å². The molecule has 1 heterocycles. The molecule has 3 nitrogen and oxygen atoms in total. The third kappa shape index (κ3) is 3.28. The molecule has 0 aliphatic rings. The quantitative estimate of drug-likeness (QED) is 0.834. The first kappa shape index (κ1) is 13.0. The minimum Gasteiger partial charge on any atom is -0.259 e. The van der Waals surface area contributed by atoms with Crippen molar-refractivity contribution in [2.45, 2.75) is 13.8 Å². The van der Waals surface area contributed by atoms with Crippen LogP contribution in [0.4, 0.5) is 0 Å². The van der Waals surface area contributed by atoms with Gasteiger partial charge in [0.2, 0.25) is 0 Å². The molecule has 3 heteroatoms. The third-order valence-electron chi connectivity index (χ3n) is 2.68. The van der Waals surface area contributed by atoms with Crippen LogP contribution in [-0.4, -0.2) is 15.2 Å².